The van der Waals surface area contributed by atoms with Crippen LogP contribution in [0.1, 0.15) is 6.92 Å². The Morgan fingerprint density at radius 1 is 1.55 bits per heavy atom. The normalized spacial score (nSPS) is 20.6. The van der Waals surface area contributed by atoms with Crippen LogP contribution in [0.25, 0.3) is 11.2 Å². The van der Waals surface area contributed by atoms with E-state index in [1.54, 1.807) is 10.8 Å². The van der Waals surface area contributed by atoms with E-state index in [1.165, 1.54) is 0 Å². The monoisotopic (exact) mass is 340 g/mol. The van der Waals surface area contributed by atoms with Gasteiger partial charge in [0.15, 0.2) is 5.65 Å². The second kappa shape index (κ2) is 5.67. The summed E-state index contributed by atoms with van der Waals surface area (Å²) in [6, 6.07) is 2.32. The maximum atomic E-state index is 12.0. The zero-order valence-electron chi connectivity index (χ0n) is 11.3. The number of halogens is 1. The summed E-state index contributed by atoms with van der Waals surface area (Å²) in [6.07, 6.45) is 1.69. The van der Waals surface area contributed by atoms with Crippen molar-refractivity contribution >= 4 is 27.1 Å². The highest BCUT2D eigenvalue weighted by atomic mass is 79.9. The molecule has 2 aromatic heterocycles. The number of hydrogen-bond donors (Lipinski definition) is 1. The van der Waals surface area contributed by atoms with E-state index in [2.05, 4.69) is 37.7 Å². The zero-order valence-corrected chi connectivity index (χ0v) is 12.9. The Morgan fingerprint density at radius 3 is 3.20 bits per heavy atom. The Bertz CT molecular complexity index is 666. The summed E-state index contributed by atoms with van der Waals surface area (Å²) < 4.78 is 8.04. The Kier molecular flexibility index (Phi) is 3.91. The molecule has 6 nitrogen and oxygen atoms in total. The van der Waals surface area contributed by atoms with Gasteiger partial charge in [-0.15, -0.1) is 0 Å². The van der Waals surface area contributed by atoms with Gasteiger partial charge in [0.05, 0.1) is 18.7 Å². The summed E-state index contributed by atoms with van der Waals surface area (Å²) in [5, 5.41) is 0. The molecule has 0 aromatic carbocycles. The number of imidazole rings is 1. The van der Waals surface area contributed by atoms with E-state index in [4.69, 9.17) is 4.74 Å². The second-order valence-corrected chi connectivity index (χ2v) is 5.98. The third-order valence-corrected chi connectivity index (χ3v) is 4.15. The molecule has 0 spiro atoms. The van der Waals surface area contributed by atoms with Gasteiger partial charge in [-0.05, 0) is 28.9 Å². The fourth-order valence-corrected chi connectivity index (χ4v) is 2.87. The molecule has 0 unspecified atom stereocenters. The van der Waals surface area contributed by atoms with Gasteiger partial charge in [0.2, 0.25) is 0 Å². The largest absolute Gasteiger partial charge is 0.379 e. The minimum Gasteiger partial charge on any atom is -0.379 e. The summed E-state index contributed by atoms with van der Waals surface area (Å²) in [5.74, 6) is 0. The van der Waals surface area contributed by atoms with Crippen LogP contribution in [0.3, 0.4) is 0 Å². The van der Waals surface area contributed by atoms with E-state index in [9.17, 15) is 4.79 Å². The topological polar surface area (TPSA) is 63.1 Å². The van der Waals surface area contributed by atoms with Gasteiger partial charge < -0.3 is 4.74 Å². The first kappa shape index (κ1) is 13.8. The number of nitrogens with zero attached hydrogens (tertiary/aromatic N) is 3. The smallest absolute Gasteiger partial charge is 0.327 e. The molecule has 2 aromatic rings. The number of aromatic nitrogens is 3. The molecule has 0 aliphatic carbocycles. The molecule has 1 N–H and O–H groups in total. The summed E-state index contributed by atoms with van der Waals surface area (Å²) in [5.41, 5.74) is 1.37. The molecule has 108 valence electrons. The van der Waals surface area contributed by atoms with Crippen LogP contribution in [0.2, 0.25) is 0 Å². The molecular weight excluding hydrogens is 324 g/mol. The van der Waals surface area contributed by atoms with E-state index < -0.39 is 0 Å². The number of aromatic amines is 1. The number of rotatable bonds is 3. The summed E-state index contributed by atoms with van der Waals surface area (Å²) in [4.78, 5) is 21.4. The average Bonchev–Trinajstić information content (AvgIpc) is 2.73. The number of fused-ring (bicyclic) bond motifs is 1. The van der Waals surface area contributed by atoms with Crippen LogP contribution in [0, 0.1) is 0 Å². The van der Waals surface area contributed by atoms with E-state index >= 15 is 0 Å². The average molecular weight is 341 g/mol. The minimum absolute atomic E-state index is 0.105. The van der Waals surface area contributed by atoms with Crippen LogP contribution in [0.5, 0.6) is 0 Å². The van der Waals surface area contributed by atoms with Crippen molar-refractivity contribution in [2.24, 2.45) is 0 Å². The predicted molar refractivity (Wildman–Crippen MR) is 79.9 cm³/mol. The van der Waals surface area contributed by atoms with Crippen LogP contribution in [-0.4, -0.2) is 51.8 Å². The van der Waals surface area contributed by atoms with E-state index in [1.807, 2.05) is 6.07 Å². The zero-order chi connectivity index (χ0) is 14.1. The predicted octanol–water partition coefficient (Wildman–Crippen LogP) is 1.21. The molecule has 1 fully saturated rings. The van der Waals surface area contributed by atoms with E-state index in [0.29, 0.717) is 18.2 Å². The van der Waals surface area contributed by atoms with Gasteiger partial charge in [-0.1, -0.05) is 0 Å². The first-order valence-corrected chi connectivity index (χ1v) is 7.50. The van der Waals surface area contributed by atoms with Crippen LogP contribution >= 0.6 is 15.9 Å². The van der Waals surface area contributed by atoms with Crippen molar-refractivity contribution in [2.45, 2.75) is 19.5 Å². The van der Waals surface area contributed by atoms with Crippen molar-refractivity contribution < 1.29 is 4.74 Å². The molecule has 0 bridgehead atoms. The van der Waals surface area contributed by atoms with Gasteiger partial charge in [0.25, 0.3) is 0 Å². The highest BCUT2D eigenvalue weighted by Gasteiger charge is 2.19. The number of H-pyrrole nitrogens is 1. The molecule has 1 aliphatic rings. The van der Waals surface area contributed by atoms with Gasteiger partial charge >= 0.3 is 5.69 Å². The standard InChI is InChI=1S/C13H17BrN4O2/c1-9-8-20-5-4-17(9)2-3-18-11-6-10(14)7-15-12(11)16-13(18)19/h6-7,9H,2-5,8H2,1H3,(H,15,16,19)/t9-/m0/s1. The Hall–Kier alpha value is -1.18. The van der Waals surface area contributed by atoms with Gasteiger partial charge in [0.1, 0.15) is 0 Å². The van der Waals surface area contributed by atoms with Crippen molar-refractivity contribution in [2.75, 3.05) is 26.3 Å². The molecule has 3 rings (SSSR count). The molecule has 0 radical (unpaired) electrons. The maximum Gasteiger partial charge on any atom is 0.327 e. The lowest BCUT2D eigenvalue weighted by Crippen LogP contribution is -2.45. The van der Waals surface area contributed by atoms with E-state index in [0.717, 1.165) is 36.3 Å². The summed E-state index contributed by atoms with van der Waals surface area (Å²) in [6.45, 7) is 6.08. The maximum absolute atomic E-state index is 12.0. The molecule has 20 heavy (non-hydrogen) atoms. The lowest BCUT2D eigenvalue weighted by molar-refractivity contribution is -0.00161. The Morgan fingerprint density at radius 2 is 2.40 bits per heavy atom. The minimum atomic E-state index is -0.105. The highest BCUT2D eigenvalue weighted by Crippen LogP contribution is 2.15. The molecule has 1 saturated heterocycles. The third-order valence-electron chi connectivity index (χ3n) is 3.71. The molecule has 3 heterocycles. The van der Waals surface area contributed by atoms with Crippen molar-refractivity contribution in [1.29, 1.82) is 0 Å². The first-order chi connectivity index (χ1) is 9.65. The molecule has 7 heteroatoms. The van der Waals surface area contributed by atoms with E-state index in [-0.39, 0.29) is 5.69 Å². The number of morpholine rings is 1. The lowest BCUT2D eigenvalue weighted by Gasteiger charge is -2.33. The summed E-state index contributed by atoms with van der Waals surface area (Å²) in [7, 11) is 0. The van der Waals surface area contributed by atoms with Crippen LogP contribution in [-0.2, 0) is 11.3 Å². The van der Waals surface area contributed by atoms with Gasteiger partial charge in [-0.2, -0.15) is 0 Å². The van der Waals surface area contributed by atoms with Crippen molar-refractivity contribution in [3.05, 3.63) is 27.2 Å². The second-order valence-electron chi connectivity index (χ2n) is 5.06. The molecule has 1 aliphatic heterocycles. The number of ether oxygens (including phenoxy) is 1. The Balaban J connectivity index is 1.81. The van der Waals surface area contributed by atoms with Crippen molar-refractivity contribution in [3.8, 4) is 0 Å². The SMILES string of the molecule is C[C@H]1COCCN1CCn1c(=O)[nH]c2ncc(Br)cc21. The summed E-state index contributed by atoms with van der Waals surface area (Å²) >= 11 is 3.39. The van der Waals surface area contributed by atoms with Gasteiger partial charge in [-0.25, -0.2) is 9.78 Å². The number of nitrogens with one attached hydrogen (secondary N) is 1. The van der Waals surface area contributed by atoms with Crippen LogP contribution in [0.15, 0.2) is 21.5 Å². The van der Waals surface area contributed by atoms with Crippen LogP contribution in [0.4, 0.5) is 0 Å². The van der Waals surface area contributed by atoms with Crippen molar-refractivity contribution in [1.82, 2.24) is 19.4 Å². The molecule has 0 saturated carbocycles. The molecular formula is C13H17BrN4O2. The number of pyridine rings is 1. The highest BCUT2D eigenvalue weighted by molar-refractivity contribution is 9.10. The Labute approximate surface area is 124 Å². The first-order valence-electron chi connectivity index (χ1n) is 6.71. The van der Waals surface area contributed by atoms with Gasteiger partial charge in [0, 0.05) is 36.3 Å². The van der Waals surface area contributed by atoms with Crippen molar-refractivity contribution in [3.63, 3.8) is 0 Å². The fourth-order valence-electron chi connectivity index (χ4n) is 2.55. The quantitative estimate of drug-likeness (QED) is 0.912. The molecule has 0 amide bonds. The third kappa shape index (κ3) is 2.65. The van der Waals surface area contributed by atoms with Gasteiger partial charge in [-0.3, -0.25) is 14.5 Å². The van der Waals surface area contributed by atoms with Crippen LogP contribution < -0.4 is 5.69 Å². The molecule has 1 atom stereocenters. The lowest BCUT2D eigenvalue weighted by atomic mass is 10.2. The fraction of sp³-hybridized carbons (Fsp3) is 0.538. The number of hydrogen-bond acceptors (Lipinski definition) is 4.